The largest absolute Gasteiger partial charge is 0.480 e. The third-order valence-electron chi connectivity index (χ3n) is 3.56. The van der Waals surface area contributed by atoms with Gasteiger partial charge in [-0.2, -0.15) is 0 Å². The Labute approximate surface area is 140 Å². The number of rotatable bonds is 6. The van der Waals surface area contributed by atoms with Crippen LogP contribution in [0.5, 0.6) is 0 Å². The molecule has 0 aliphatic carbocycles. The molecule has 0 saturated heterocycles. The summed E-state index contributed by atoms with van der Waals surface area (Å²) in [5.74, 6) is -1.80. The van der Waals surface area contributed by atoms with Crippen LogP contribution >= 0.6 is 0 Å². The van der Waals surface area contributed by atoms with Crippen LogP contribution in [0.3, 0.4) is 0 Å². The Kier molecular flexibility index (Phi) is 5.23. The molecule has 2 aromatic rings. The number of aliphatic carboxylic acids is 1. The quantitative estimate of drug-likeness (QED) is 0.868. The molecule has 0 amide bonds. The minimum absolute atomic E-state index is 0.0000593. The zero-order valence-corrected chi connectivity index (χ0v) is 14.1. The van der Waals surface area contributed by atoms with Crippen LogP contribution in [0.2, 0.25) is 0 Å². The molecule has 0 unspecified atom stereocenters. The standard InChI is InChI=1S/C17H18FNO4S/c1-12-3-5-13(6-4-12)11-16(17(20)21)19(24(2,22)23)15-9-7-14(18)8-10-15/h3-10,16H,11H2,1-2H3,(H,20,21)/t16-/m0/s1. The maximum Gasteiger partial charge on any atom is 0.327 e. The van der Waals surface area contributed by atoms with Gasteiger partial charge in [0.1, 0.15) is 11.9 Å². The van der Waals surface area contributed by atoms with Crippen molar-refractivity contribution in [3.05, 3.63) is 65.5 Å². The van der Waals surface area contributed by atoms with Gasteiger partial charge in [-0.05, 0) is 36.8 Å². The van der Waals surface area contributed by atoms with Gasteiger partial charge in [0.25, 0.3) is 0 Å². The third kappa shape index (κ3) is 4.32. The van der Waals surface area contributed by atoms with Gasteiger partial charge in [-0.25, -0.2) is 17.6 Å². The minimum atomic E-state index is -3.87. The van der Waals surface area contributed by atoms with E-state index in [1.165, 1.54) is 12.1 Å². The second-order valence-corrected chi connectivity index (χ2v) is 7.44. The highest BCUT2D eigenvalue weighted by Crippen LogP contribution is 2.23. The van der Waals surface area contributed by atoms with Crippen LogP contribution in [0, 0.1) is 12.7 Å². The molecule has 0 aliphatic heterocycles. The number of benzene rings is 2. The van der Waals surface area contributed by atoms with E-state index in [0.29, 0.717) is 5.56 Å². The van der Waals surface area contributed by atoms with Crippen molar-refractivity contribution in [2.45, 2.75) is 19.4 Å². The summed E-state index contributed by atoms with van der Waals surface area (Å²) in [4.78, 5) is 11.7. The second kappa shape index (κ2) is 7.00. The molecule has 0 aliphatic rings. The van der Waals surface area contributed by atoms with Crippen molar-refractivity contribution in [1.29, 1.82) is 0 Å². The number of aryl methyl sites for hydroxylation is 1. The fraction of sp³-hybridized carbons (Fsp3) is 0.235. The monoisotopic (exact) mass is 351 g/mol. The summed E-state index contributed by atoms with van der Waals surface area (Å²) in [6, 6.07) is 10.5. The van der Waals surface area contributed by atoms with Gasteiger partial charge in [-0.3, -0.25) is 4.31 Å². The first-order valence-electron chi connectivity index (χ1n) is 7.22. The zero-order valence-electron chi connectivity index (χ0n) is 13.3. The predicted octanol–water partition coefficient (Wildman–Crippen LogP) is 2.60. The maximum absolute atomic E-state index is 13.1. The fourth-order valence-corrected chi connectivity index (χ4v) is 3.54. The van der Waals surface area contributed by atoms with Crippen LogP contribution in [0.25, 0.3) is 0 Å². The van der Waals surface area contributed by atoms with Gasteiger partial charge in [0.2, 0.25) is 10.0 Å². The average molecular weight is 351 g/mol. The van der Waals surface area contributed by atoms with E-state index in [0.717, 1.165) is 28.3 Å². The van der Waals surface area contributed by atoms with Gasteiger partial charge in [-0.1, -0.05) is 29.8 Å². The zero-order chi connectivity index (χ0) is 17.9. The molecule has 0 spiro atoms. The molecule has 0 fully saturated rings. The van der Waals surface area contributed by atoms with E-state index in [-0.39, 0.29) is 12.1 Å². The van der Waals surface area contributed by atoms with Crippen LogP contribution in [0.1, 0.15) is 11.1 Å². The lowest BCUT2D eigenvalue weighted by molar-refractivity contribution is -0.138. The highest BCUT2D eigenvalue weighted by atomic mass is 32.2. The Morgan fingerprint density at radius 1 is 1.12 bits per heavy atom. The van der Waals surface area contributed by atoms with Crippen molar-refractivity contribution in [2.75, 3.05) is 10.6 Å². The van der Waals surface area contributed by atoms with E-state index in [1.807, 2.05) is 19.1 Å². The summed E-state index contributed by atoms with van der Waals surface area (Å²) in [5.41, 5.74) is 1.83. The normalized spacial score (nSPS) is 12.6. The summed E-state index contributed by atoms with van der Waals surface area (Å²) in [5, 5.41) is 9.56. The van der Waals surface area contributed by atoms with Crippen LogP contribution in [-0.2, 0) is 21.2 Å². The molecule has 2 rings (SSSR count). The van der Waals surface area contributed by atoms with Gasteiger partial charge in [-0.15, -0.1) is 0 Å². The van der Waals surface area contributed by atoms with Crippen molar-refractivity contribution in [2.24, 2.45) is 0 Å². The summed E-state index contributed by atoms with van der Waals surface area (Å²) in [6.07, 6.45) is 0.932. The molecule has 24 heavy (non-hydrogen) atoms. The van der Waals surface area contributed by atoms with Crippen LogP contribution in [0.4, 0.5) is 10.1 Å². The molecule has 1 atom stereocenters. The SMILES string of the molecule is Cc1ccc(C[C@@H](C(=O)O)N(c2ccc(F)cc2)S(C)(=O)=O)cc1. The molecule has 0 saturated carbocycles. The van der Waals surface area contributed by atoms with Crippen molar-refractivity contribution in [3.8, 4) is 0 Å². The minimum Gasteiger partial charge on any atom is -0.480 e. The van der Waals surface area contributed by atoms with E-state index in [1.54, 1.807) is 12.1 Å². The molecular formula is C17H18FNO4S. The number of sulfonamides is 1. The Balaban J connectivity index is 2.45. The number of hydrogen-bond acceptors (Lipinski definition) is 3. The van der Waals surface area contributed by atoms with Crippen LogP contribution in [0.15, 0.2) is 48.5 Å². The number of nitrogens with zero attached hydrogens (tertiary/aromatic N) is 1. The van der Waals surface area contributed by atoms with Crippen LogP contribution in [-0.4, -0.2) is 31.8 Å². The second-order valence-electron chi connectivity index (χ2n) is 5.58. The summed E-state index contributed by atoms with van der Waals surface area (Å²) in [6.45, 7) is 1.90. The van der Waals surface area contributed by atoms with Gasteiger partial charge < -0.3 is 5.11 Å². The molecule has 1 N–H and O–H groups in total. The lowest BCUT2D eigenvalue weighted by atomic mass is 10.0. The number of halogens is 1. The predicted molar refractivity (Wildman–Crippen MR) is 90.0 cm³/mol. The van der Waals surface area contributed by atoms with Crippen molar-refractivity contribution < 1.29 is 22.7 Å². The molecule has 2 aromatic carbocycles. The summed E-state index contributed by atoms with van der Waals surface area (Å²) in [7, 11) is -3.87. The van der Waals surface area contributed by atoms with Gasteiger partial charge in [0, 0.05) is 6.42 Å². The molecule has 0 bridgehead atoms. The average Bonchev–Trinajstić information content (AvgIpc) is 2.49. The first-order valence-corrected chi connectivity index (χ1v) is 9.06. The molecular weight excluding hydrogens is 333 g/mol. The van der Waals surface area contributed by atoms with Gasteiger partial charge in [0.15, 0.2) is 0 Å². The number of carboxylic acids is 1. The molecule has 5 nitrogen and oxygen atoms in total. The summed E-state index contributed by atoms with van der Waals surface area (Å²) >= 11 is 0. The Morgan fingerprint density at radius 3 is 2.12 bits per heavy atom. The highest BCUT2D eigenvalue weighted by molar-refractivity contribution is 7.92. The lowest BCUT2D eigenvalue weighted by Gasteiger charge is -2.29. The lowest BCUT2D eigenvalue weighted by Crippen LogP contribution is -2.46. The Morgan fingerprint density at radius 2 is 1.67 bits per heavy atom. The maximum atomic E-state index is 13.1. The molecule has 128 valence electrons. The molecule has 0 radical (unpaired) electrons. The Hall–Kier alpha value is -2.41. The Bertz CT molecular complexity index is 817. The summed E-state index contributed by atoms with van der Waals surface area (Å²) < 4.78 is 38.3. The van der Waals surface area contributed by atoms with E-state index < -0.39 is 27.9 Å². The number of anilines is 1. The molecule has 0 aromatic heterocycles. The van der Waals surface area contributed by atoms with Crippen molar-refractivity contribution in [3.63, 3.8) is 0 Å². The first kappa shape index (κ1) is 17.9. The topological polar surface area (TPSA) is 74.7 Å². The van der Waals surface area contributed by atoms with Gasteiger partial charge >= 0.3 is 5.97 Å². The molecule has 0 heterocycles. The third-order valence-corrected chi connectivity index (χ3v) is 4.74. The van der Waals surface area contributed by atoms with E-state index in [2.05, 4.69) is 0 Å². The number of carbonyl (C=O) groups is 1. The smallest absolute Gasteiger partial charge is 0.327 e. The number of carboxylic acid groups (broad SMARTS) is 1. The van der Waals surface area contributed by atoms with Crippen LogP contribution < -0.4 is 4.31 Å². The highest BCUT2D eigenvalue weighted by Gasteiger charge is 2.32. The van der Waals surface area contributed by atoms with E-state index in [9.17, 15) is 22.7 Å². The van der Waals surface area contributed by atoms with Gasteiger partial charge in [0.05, 0.1) is 11.9 Å². The van der Waals surface area contributed by atoms with Crippen molar-refractivity contribution in [1.82, 2.24) is 0 Å². The number of hydrogen-bond donors (Lipinski definition) is 1. The van der Waals surface area contributed by atoms with Crippen molar-refractivity contribution >= 4 is 21.7 Å². The van der Waals surface area contributed by atoms with E-state index in [4.69, 9.17) is 0 Å². The van der Waals surface area contributed by atoms with E-state index >= 15 is 0 Å². The fourth-order valence-electron chi connectivity index (χ4n) is 2.41. The first-order chi connectivity index (χ1) is 11.2. The molecule has 7 heteroatoms.